The number of hydrogen-bond donors (Lipinski definition) is 0. The fourth-order valence-electron chi connectivity index (χ4n) is 1.89. The van der Waals surface area contributed by atoms with Crippen molar-refractivity contribution in [2.24, 2.45) is 0 Å². The van der Waals surface area contributed by atoms with Gasteiger partial charge < -0.3 is 0 Å². The minimum atomic E-state index is -0.259. The fourth-order valence-corrected chi connectivity index (χ4v) is 3.38. The third kappa shape index (κ3) is 2.06. The Morgan fingerprint density at radius 1 is 1.47 bits per heavy atom. The molecule has 1 aromatic carbocycles. The van der Waals surface area contributed by atoms with Crippen molar-refractivity contribution in [3.63, 3.8) is 0 Å². The van der Waals surface area contributed by atoms with E-state index in [1.54, 1.807) is 17.8 Å². The molecule has 1 aliphatic heterocycles. The standard InChI is InChI=1S/C12H13ClOS/c1-12(7-4-8-15-12)11(14)9-5-2-3-6-10(9)13/h2-3,5-6H,4,7-8H2,1H3. The Labute approximate surface area is 99.2 Å². The number of rotatable bonds is 2. The minimum Gasteiger partial charge on any atom is -0.293 e. The quantitative estimate of drug-likeness (QED) is 0.732. The largest absolute Gasteiger partial charge is 0.293 e. The molecule has 1 saturated heterocycles. The molecule has 1 unspecified atom stereocenters. The maximum atomic E-state index is 12.3. The first-order chi connectivity index (χ1) is 7.13. The highest BCUT2D eigenvalue weighted by Gasteiger charge is 2.38. The number of benzene rings is 1. The van der Waals surface area contributed by atoms with Crippen molar-refractivity contribution in [1.82, 2.24) is 0 Å². The molecule has 3 heteroatoms. The van der Waals surface area contributed by atoms with Gasteiger partial charge in [-0.25, -0.2) is 0 Å². The summed E-state index contributed by atoms with van der Waals surface area (Å²) in [5.74, 6) is 1.25. The zero-order valence-corrected chi connectivity index (χ0v) is 10.2. The van der Waals surface area contributed by atoms with Crippen LogP contribution in [0.5, 0.6) is 0 Å². The molecule has 1 aliphatic rings. The number of thioether (sulfide) groups is 1. The molecule has 1 atom stereocenters. The normalized spacial score (nSPS) is 25.5. The van der Waals surface area contributed by atoms with E-state index in [9.17, 15) is 4.79 Å². The summed E-state index contributed by atoms with van der Waals surface area (Å²) in [6.07, 6.45) is 2.08. The lowest BCUT2D eigenvalue weighted by Gasteiger charge is -2.21. The summed E-state index contributed by atoms with van der Waals surface area (Å²) in [5, 5.41) is 0.566. The second-order valence-corrected chi connectivity index (χ2v) is 6.00. The smallest absolute Gasteiger partial charge is 0.180 e. The molecule has 15 heavy (non-hydrogen) atoms. The molecule has 0 amide bonds. The summed E-state index contributed by atoms with van der Waals surface area (Å²) in [7, 11) is 0. The van der Waals surface area contributed by atoms with Crippen LogP contribution in [0.1, 0.15) is 30.1 Å². The van der Waals surface area contributed by atoms with Crippen LogP contribution in [0.15, 0.2) is 24.3 Å². The minimum absolute atomic E-state index is 0.176. The SMILES string of the molecule is CC1(C(=O)c2ccccc2Cl)CCCS1. The molecule has 0 bridgehead atoms. The van der Waals surface area contributed by atoms with Crippen LogP contribution in [0.25, 0.3) is 0 Å². The third-order valence-corrected chi connectivity index (χ3v) is 4.67. The lowest BCUT2D eigenvalue weighted by Crippen LogP contribution is -2.28. The van der Waals surface area contributed by atoms with Gasteiger partial charge in [-0.1, -0.05) is 23.7 Å². The van der Waals surface area contributed by atoms with E-state index in [0.717, 1.165) is 18.6 Å². The van der Waals surface area contributed by atoms with E-state index in [1.165, 1.54) is 0 Å². The van der Waals surface area contributed by atoms with E-state index < -0.39 is 0 Å². The zero-order valence-electron chi connectivity index (χ0n) is 8.63. The Balaban J connectivity index is 2.32. The molecule has 1 fully saturated rings. The van der Waals surface area contributed by atoms with E-state index >= 15 is 0 Å². The van der Waals surface area contributed by atoms with Crippen LogP contribution in [0.2, 0.25) is 5.02 Å². The first-order valence-corrected chi connectivity index (χ1v) is 6.43. The van der Waals surface area contributed by atoms with Crippen molar-refractivity contribution in [2.75, 3.05) is 5.75 Å². The molecule has 0 aromatic heterocycles. The van der Waals surface area contributed by atoms with Gasteiger partial charge in [0.25, 0.3) is 0 Å². The van der Waals surface area contributed by atoms with Crippen LogP contribution in [0.4, 0.5) is 0 Å². The van der Waals surface area contributed by atoms with Gasteiger partial charge in [0.1, 0.15) is 0 Å². The van der Waals surface area contributed by atoms with Crippen LogP contribution in [0.3, 0.4) is 0 Å². The Bertz CT molecular complexity index is 383. The van der Waals surface area contributed by atoms with Gasteiger partial charge >= 0.3 is 0 Å². The Hall–Kier alpha value is -0.470. The van der Waals surface area contributed by atoms with Crippen LogP contribution < -0.4 is 0 Å². The zero-order chi connectivity index (χ0) is 10.9. The monoisotopic (exact) mass is 240 g/mol. The van der Waals surface area contributed by atoms with E-state index in [1.807, 2.05) is 25.1 Å². The molecule has 0 aliphatic carbocycles. The fraction of sp³-hybridized carbons (Fsp3) is 0.417. The van der Waals surface area contributed by atoms with Crippen LogP contribution in [0, 0.1) is 0 Å². The summed E-state index contributed by atoms with van der Waals surface area (Å²) in [6.45, 7) is 2.02. The van der Waals surface area contributed by atoms with Gasteiger partial charge in [0.05, 0.1) is 9.77 Å². The molecular weight excluding hydrogens is 228 g/mol. The van der Waals surface area contributed by atoms with Gasteiger partial charge in [0.15, 0.2) is 5.78 Å². The first-order valence-electron chi connectivity index (χ1n) is 5.07. The number of halogens is 1. The highest BCUT2D eigenvalue weighted by Crippen LogP contribution is 2.41. The molecule has 0 radical (unpaired) electrons. The van der Waals surface area contributed by atoms with Crippen molar-refractivity contribution < 1.29 is 4.79 Å². The Kier molecular flexibility index (Phi) is 3.08. The van der Waals surface area contributed by atoms with Crippen molar-refractivity contribution in [2.45, 2.75) is 24.5 Å². The topological polar surface area (TPSA) is 17.1 Å². The van der Waals surface area contributed by atoms with Gasteiger partial charge in [-0.15, -0.1) is 11.8 Å². The van der Waals surface area contributed by atoms with Crippen molar-refractivity contribution in [3.05, 3.63) is 34.9 Å². The summed E-state index contributed by atoms with van der Waals surface area (Å²) in [6, 6.07) is 7.30. The second kappa shape index (κ2) is 4.18. The van der Waals surface area contributed by atoms with Crippen LogP contribution in [-0.4, -0.2) is 16.3 Å². The molecule has 0 spiro atoms. The summed E-state index contributed by atoms with van der Waals surface area (Å²) >= 11 is 7.78. The van der Waals surface area contributed by atoms with Gasteiger partial charge in [0.2, 0.25) is 0 Å². The molecule has 0 saturated carbocycles. The van der Waals surface area contributed by atoms with Crippen LogP contribution in [-0.2, 0) is 0 Å². The number of Topliss-reactive ketones (excluding diaryl/α,β-unsaturated/α-hetero) is 1. The maximum Gasteiger partial charge on any atom is 0.180 e. The molecule has 80 valence electrons. The Morgan fingerprint density at radius 2 is 2.20 bits per heavy atom. The van der Waals surface area contributed by atoms with E-state index in [-0.39, 0.29) is 10.5 Å². The number of carbonyl (C=O) groups excluding carboxylic acids is 1. The molecule has 1 aromatic rings. The average Bonchev–Trinajstić information content (AvgIpc) is 2.66. The van der Waals surface area contributed by atoms with E-state index in [4.69, 9.17) is 11.6 Å². The number of ketones is 1. The highest BCUT2D eigenvalue weighted by molar-refractivity contribution is 8.01. The van der Waals surface area contributed by atoms with Crippen molar-refractivity contribution in [3.8, 4) is 0 Å². The van der Waals surface area contributed by atoms with Gasteiger partial charge in [-0.05, 0) is 37.7 Å². The first kappa shape index (κ1) is 11.0. The predicted molar refractivity (Wildman–Crippen MR) is 65.9 cm³/mol. The van der Waals surface area contributed by atoms with Crippen LogP contribution >= 0.6 is 23.4 Å². The number of hydrogen-bond acceptors (Lipinski definition) is 2. The van der Waals surface area contributed by atoms with Gasteiger partial charge in [-0.3, -0.25) is 4.79 Å². The van der Waals surface area contributed by atoms with E-state index in [2.05, 4.69) is 0 Å². The van der Waals surface area contributed by atoms with E-state index in [0.29, 0.717) is 10.6 Å². The summed E-state index contributed by atoms with van der Waals surface area (Å²) in [4.78, 5) is 12.3. The molecule has 0 N–H and O–H groups in total. The lowest BCUT2D eigenvalue weighted by molar-refractivity contribution is 0.0949. The molecule has 1 nitrogen and oxygen atoms in total. The van der Waals surface area contributed by atoms with Crippen molar-refractivity contribution >= 4 is 29.1 Å². The van der Waals surface area contributed by atoms with Gasteiger partial charge in [0, 0.05) is 5.56 Å². The molecule has 2 rings (SSSR count). The maximum absolute atomic E-state index is 12.3. The third-order valence-electron chi connectivity index (χ3n) is 2.82. The highest BCUT2D eigenvalue weighted by atomic mass is 35.5. The van der Waals surface area contributed by atoms with Gasteiger partial charge in [-0.2, -0.15) is 0 Å². The molecule has 1 heterocycles. The van der Waals surface area contributed by atoms with Crippen molar-refractivity contribution in [1.29, 1.82) is 0 Å². The second-order valence-electron chi connectivity index (χ2n) is 3.99. The number of carbonyl (C=O) groups is 1. The predicted octanol–water partition coefficient (Wildman–Crippen LogP) is 3.81. The molecular formula is C12H13ClOS. The Morgan fingerprint density at radius 3 is 2.80 bits per heavy atom. The summed E-state index contributed by atoms with van der Waals surface area (Å²) in [5.41, 5.74) is 0.663. The lowest BCUT2D eigenvalue weighted by atomic mass is 9.95. The summed E-state index contributed by atoms with van der Waals surface area (Å²) < 4.78 is -0.259. The average molecular weight is 241 g/mol.